The van der Waals surface area contributed by atoms with Crippen LogP contribution in [-0.4, -0.2) is 56.7 Å². The van der Waals surface area contributed by atoms with Crippen molar-refractivity contribution in [3.63, 3.8) is 0 Å². The van der Waals surface area contributed by atoms with Gasteiger partial charge >= 0.3 is 11.9 Å². The van der Waals surface area contributed by atoms with E-state index < -0.39 is 46.7 Å². The number of carbonyl (C=O) groups is 2. The van der Waals surface area contributed by atoms with Crippen LogP contribution in [0.15, 0.2) is 29.2 Å². The molecule has 0 saturated carbocycles. The largest absolute Gasteiger partial charge is 0.456 e. The van der Waals surface area contributed by atoms with Crippen LogP contribution >= 0.6 is 0 Å². The zero-order valence-corrected chi connectivity index (χ0v) is 15.3. The molecule has 144 valence electrons. The number of esters is 2. The van der Waals surface area contributed by atoms with Crippen molar-refractivity contribution in [1.82, 2.24) is 0 Å². The first-order valence-electron chi connectivity index (χ1n) is 7.74. The summed E-state index contributed by atoms with van der Waals surface area (Å²) in [6.45, 7) is 3.73. The summed E-state index contributed by atoms with van der Waals surface area (Å²) in [4.78, 5) is 22.5. The first kappa shape index (κ1) is 20.3. The van der Waals surface area contributed by atoms with Gasteiger partial charge in [-0.15, -0.1) is 0 Å². The fourth-order valence-electron chi connectivity index (χ4n) is 2.41. The first-order valence-corrected chi connectivity index (χ1v) is 9.15. The van der Waals surface area contributed by atoms with Crippen molar-refractivity contribution >= 4 is 22.1 Å². The molecule has 10 heteroatoms. The monoisotopic (exact) mass is 388 g/mol. The van der Waals surface area contributed by atoms with E-state index in [1.54, 1.807) is 19.1 Å². The summed E-state index contributed by atoms with van der Waals surface area (Å²) in [5.41, 5.74) is 0.845. The van der Waals surface area contributed by atoms with E-state index >= 15 is 0 Å². The number of carbonyl (C=O) groups excluding carboxylic acids is 2. The predicted octanol–water partition coefficient (Wildman–Crippen LogP) is 0.281. The molecule has 1 fully saturated rings. The van der Waals surface area contributed by atoms with Crippen LogP contribution in [0.1, 0.15) is 19.4 Å². The van der Waals surface area contributed by atoms with Gasteiger partial charge in [0.1, 0.15) is 0 Å². The minimum atomic E-state index is -4.30. The van der Waals surface area contributed by atoms with Crippen molar-refractivity contribution in [2.24, 2.45) is 0 Å². The lowest BCUT2D eigenvalue weighted by atomic mass is 10.1. The molecule has 0 aliphatic carbocycles. The van der Waals surface area contributed by atoms with Crippen LogP contribution in [0.3, 0.4) is 0 Å². The molecule has 0 aromatic heterocycles. The standard InChI is InChI=1S/C16H20O9S/c1-9-4-6-12(7-5-9)26(20,21)25-15-14(24-11(3)18)13(23-10(2)17)8-22-16(15)19/h4-7,13-16,19H,8H2,1-3H3. The van der Waals surface area contributed by atoms with Crippen LogP contribution in [0.5, 0.6) is 0 Å². The van der Waals surface area contributed by atoms with Gasteiger partial charge in [0.2, 0.25) is 0 Å². The Kier molecular flexibility index (Phi) is 6.34. The normalized spacial score (nSPS) is 26.2. The summed E-state index contributed by atoms with van der Waals surface area (Å²) in [6, 6.07) is 5.83. The summed E-state index contributed by atoms with van der Waals surface area (Å²) in [5.74, 6) is -1.45. The lowest BCUT2D eigenvalue weighted by Crippen LogP contribution is -2.57. The summed E-state index contributed by atoms with van der Waals surface area (Å²) >= 11 is 0. The van der Waals surface area contributed by atoms with E-state index in [4.69, 9.17) is 18.4 Å². The number of hydrogen-bond donors (Lipinski definition) is 1. The van der Waals surface area contributed by atoms with Gasteiger partial charge in [-0.05, 0) is 19.1 Å². The van der Waals surface area contributed by atoms with Crippen LogP contribution in [0.25, 0.3) is 0 Å². The van der Waals surface area contributed by atoms with E-state index in [9.17, 15) is 23.1 Å². The molecule has 1 aromatic rings. The molecule has 1 aliphatic rings. The fraction of sp³-hybridized carbons (Fsp3) is 0.500. The highest BCUT2D eigenvalue weighted by molar-refractivity contribution is 7.86. The second-order valence-electron chi connectivity index (χ2n) is 5.77. The predicted molar refractivity (Wildman–Crippen MR) is 86.3 cm³/mol. The van der Waals surface area contributed by atoms with E-state index in [0.29, 0.717) is 0 Å². The van der Waals surface area contributed by atoms with Crippen LogP contribution in [-0.2, 0) is 38.1 Å². The number of ether oxygens (including phenoxy) is 3. The number of benzene rings is 1. The molecule has 4 atom stereocenters. The van der Waals surface area contributed by atoms with Crippen LogP contribution in [0.4, 0.5) is 0 Å². The molecule has 1 N–H and O–H groups in total. The number of aliphatic hydroxyl groups excluding tert-OH is 1. The molecule has 0 bridgehead atoms. The Balaban J connectivity index is 2.30. The minimum Gasteiger partial charge on any atom is -0.456 e. The lowest BCUT2D eigenvalue weighted by molar-refractivity contribution is -0.255. The van der Waals surface area contributed by atoms with Crippen molar-refractivity contribution in [2.75, 3.05) is 6.61 Å². The molecule has 4 unspecified atom stereocenters. The van der Waals surface area contributed by atoms with Crippen molar-refractivity contribution in [2.45, 2.75) is 50.3 Å². The highest BCUT2D eigenvalue weighted by Gasteiger charge is 2.47. The molecule has 9 nitrogen and oxygen atoms in total. The van der Waals surface area contributed by atoms with Gasteiger partial charge in [0, 0.05) is 13.8 Å². The van der Waals surface area contributed by atoms with Gasteiger partial charge in [-0.25, -0.2) is 0 Å². The molecular formula is C16H20O9S. The molecule has 2 rings (SSSR count). The molecule has 0 radical (unpaired) electrons. The maximum absolute atomic E-state index is 12.5. The van der Waals surface area contributed by atoms with Crippen LogP contribution in [0.2, 0.25) is 0 Å². The fourth-order valence-corrected chi connectivity index (χ4v) is 3.49. The Labute approximate surface area is 150 Å². The second kappa shape index (κ2) is 8.12. The van der Waals surface area contributed by atoms with E-state index in [1.165, 1.54) is 12.1 Å². The topological polar surface area (TPSA) is 125 Å². The molecular weight excluding hydrogens is 368 g/mol. The van der Waals surface area contributed by atoms with Gasteiger partial charge in [-0.2, -0.15) is 8.42 Å². The zero-order valence-electron chi connectivity index (χ0n) is 14.4. The van der Waals surface area contributed by atoms with Gasteiger partial charge in [0.05, 0.1) is 11.5 Å². The Hall–Kier alpha value is -2.01. The molecule has 1 aromatic carbocycles. The first-order chi connectivity index (χ1) is 12.1. The highest BCUT2D eigenvalue weighted by Crippen LogP contribution is 2.26. The van der Waals surface area contributed by atoms with E-state index in [1.807, 2.05) is 0 Å². The van der Waals surface area contributed by atoms with Gasteiger partial charge in [-0.3, -0.25) is 13.8 Å². The van der Waals surface area contributed by atoms with Crippen LogP contribution < -0.4 is 0 Å². The maximum atomic E-state index is 12.5. The molecule has 1 aliphatic heterocycles. The quantitative estimate of drug-likeness (QED) is 0.559. The van der Waals surface area contributed by atoms with Gasteiger partial charge in [0.25, 0.3) is 10.1 Å². The second-order valence-corrected chi connectivity index (χ2v) is 7.35. The van der Waals surface area contributed by atoms with E-state index in [-0.39, 0.29) is 11.5 Å². The Morgan fingerprint density at radius 1 is 1.08 bits per heavy atom. The zero-order chi connectivity index (χ0) is 19.5. The van der Waals surface area contributed by atoms with Crippen molar-refractivity contribution in [3.05, 3.63) is 29.8 Å². The molecule has 26 heavy (non-hydrogen) atoms. The number of hydrogen-bond acceptors (Lipinski definition) is 9. The highest BCUT2D eigenvalue weighted by atomic mass is 32.2. The Bertz CT molecular complexity index is 756. The average Bonchev–Trinajstić information content (AvgIpc) is 2.53. The van der Waals surface area contributed by atoms with Crippen molar-refractivity contribution in [3.8, 4) is 0 Å². The summed E-state index contributed by atoms with van der Waals surface area (Å²) in [5, 5.41) is 10.0. The van der Waals surface area contributed by atoms with E-state index in [2.05, 4.69) is 0 Å². The van der Waals surface area contributed by atoms with Gasteiger partial charge in [-0.1, -0.05) is 17.7 Å². The van der Waals surface area contributed by atoms with Crippen molar-refractivity contribution < 1.29 is 41.5 Å². The third kappa shape index (κ3) is 5.01. The molecule has 1 heterocycles. The van der Waals surface area contributed by atoms with Crippen LogP contribution in [0, 0.1) is 6.92 Å². The SMILES string of the molecule is CC(=O)OC1COC(O)C(OS(=O)(=O)c2ccc(C)cc2)C1OC(C)=O. The Morgan fingerprint density at radius 3 is 2.19 bits per heavy atom. The van der Waals surface area contributed by atoms with Crippen molar-refractivity contribution in [1.29, 1.82) is 0 Å². The number of rotatable bonds is 5. The maximum Gasteiger partial charge on any atom is 0.303 e. The van der Waals surface area contributed by atoms with E-state index in [0.717, 1.165) is 19.4 Å². The summed E-state index contributed by atoms with van der Waals surface area (Å²) in [7, 11) is -4.30. The number of aryl methyl sites for hydroxylation is 1. The average molecular weight is 388 g/mol. The third-order valence-electron chi connectivity index (χ3n) is 3.57. The minimum absolute atomic E-state index is 0.147. The van der Waals surface area contributed by atoms with Gasteiger partial charge < -0.3 is 19.3 Å². The summed E-state index contributed by atoms with van der Waals surface area (Å²) < 4.78 is 45.1. The van der Waals surface area contributed by atoms with Gasteiger partial charge in [0.15, 0.2) is 24.6 Å². The molecule has 1 saturated heterocycles. The molecule has 0 spiro atoms. The Morgan fingerprint density at radius 2 is 1.65 bits per heavy atom. The third-order valence-corrected chi connectivity index (χ3v) is 4.89. The molecule has 0 amide bonds. The number of aliphatic hydroxyl groups is 1. The lowest BCUT2D eigenvalue weighted by Gasteiger charge is -2.38. The summed E-state index contributed by atoms with van der Waals surface area (Å²) in [6.07, 6.45) is -5.80. The smallest absolute Gasteiger partial charge is 0.303 e.